The minimum atomic E-state index is -4.07. The van der Waals surface area contributed by atoms with Crippen LogP contribution in [-0.4, -0.2) is 21.5 Å². The number of carbonyl (C=O) groups is 1. The molecule has 1 saturated carbocycles. The second-order valence-electron chi connectivity index (χ2n) is 7.56. The number of methoxy groups -OCH3 is 1. The molecular formula is C23H19ClN2O4S2. The van der Waals surface area contributed by atoms with Crippen LogP contribution >= 0.6 is 22.9 Å². The lowest BCUT2D eigenvalue weighted by molar-refractivity contribution is 0.0600. The number of rotatable bonds is 6. The SMILES string of the molecule is COC(=O)c1ccc(C2CC2)c(S(=O)(=O)Nc2cc(C#N)cc(C)c2-c2ccc(Cl)s2)c1. The van der Waals surface area contributed by atoms with E-state index in [1.807, 2.05) is 13.0 Å². The van der Waals surface area contributed by atoms with Crippen LogP contribution in [0.4, 0.5) is 5.69 Å². The third-order valence-corrected chi connectivity index (χ3v) is 7.94. The van der Waals surface area contributed by atoms with Crippen molar-refractivity contribution >= 4 is 44.6 Å². The van der Waals surface area contributed by atoms with E-state index >= 15 is 0 Å². The number of sulfonamides is 1. The first kappa shape index (κ1) is 22.3. The Morgan fingerprint density at radius 2 is 1.97 bits per heavy atom. The van der Waals surface area contributed by atoms with Gasteiger partial charge in [-0.05, 0) is 73.2 Å². The zero-order chi connectivity index (χ0) is 23.0. The maximum Gasteiger partial charge on any atom is 0.337 e. The van der Waals surface area contributed by atoms with Crippen molar-refractivity contribution in [3.05, 3.63) is 69.1 Å². The molecule has 1 N–H and O–H groups in total. The first-order valence-corrected chi connectivity index (χ1v) is 12.5. The highest BCUT2D eigenvalue weighted by atomic mass is 35.5. The molecule has 0 radical (unpaired) electrons. The largest absolute Gasteiger partial charge is 0.465 e. The molecule has 0 aliphatic heterocycles. The molecular weight excluding hydrogens is 468 g/mol. The number of nitrogens with one attached hydrogen (secondary N) is 1. The molecule has 32 heavy (non-hydrogen) atoms. The summed E-state index contributed by atoms with van der Waals surface area (Å²) in [6.45, 7) is 1.81. The lowest BCUT2D eigenvalue weighted by Crippen LogP contribution is -2.17. The van der Waals surface area contributed by atoms with E-state index in [1.54, 1.807) is 24.3 Å². The molecule has 1 aromatic heterocycles. The quantitative estimate of drug-likeness (QED) is 0.450. The minimum absolute atomic E-state index is 0.0399. The van der Waals surface area contributed by atoms with E-state index < -0.39 is 16.0 Å². The van der Waals surface area contributed by atoms with Crippen LogP contribution in [0.15, 0.2) is 47.4 Å². The number of hydrogen-bond acceptors (Lipinski definition) is 6. The Morgan fingerprint density at radius 3 is 2.56 bits per heavy atom. The van der Waals surface area contributed by atoms with Crippen molar-refractivity contribution < 1.29 is 17.9 Å². The first-order valence-electron chi connectivity index (χ1n) is 9.79. The molecule has 164 valence electrons. The fourth-order valence-electron chi connectivity index (χ4n) is 3.65. The second-order valence-corrected chi connectivity index (χ2v) is 10.9. The maximum absolute atomic E-state index is 13.5. The van der Waals surface area contributed by atoms with E-state index in [0.717, 1.165) is 23.3 Å². The third-order valence-electron chi connectivity index (χ3n) is 5.27. The highest BCUT2D eigenvalue weighted by Gasteiger charge is 2.32. The monoisotopic (exact) mass is 486 g/mol. The molecule has 0 saturated heterocycles. The fraction of sp³-hybridized carbons (Fsp3) is 0.217. The highest BCUT2D eigenvalue weighted by molar-refractivity contribution is 7.92. The number of nitrogens with zero attached hydrogens (tertiary/aromatic N) is 1. The summed E-state index contributed by atoms with van der Waals surface area (Å²) in [6.07, 6.45) is 1.78. The van der Waals surface area contributed by atoms with Gasteiger partial charge in [-0.25, -0.2) is 13.2 Å². The predicted octanol–water partition coefficient (Wildman–Crippen LogP) is 5.71. The Bertz CT molecular complexity index is 1370. The molecule has 1 heterocycles. The topological polar surface area (TPSA) is 96.3 Å². The van der Waals surface area contributed by atoms with Crippen LogP contribution in [0, 0.1) is 18.3 Å². The van der Waals surface area contributed by atoms with Gasteiger partial charge < -0.3 is 4.74 Å². The van der Waals surface area contributed by atoms with Crippen molar-refractivity contribution in [2.45, 2.75) is 30.6 Å². The van der Waals surface area contributed by atoms with Crippen LogP contribution in [0.25, 0.3) is 10.4 Å². The first-order chi connectivity index (χ1) is 15.2. The van der Waals surface area contributed by atoms with Crippen LogP contribution in [0.3, 0.4) is 0 Å². The van der Waals surface area contributed by atoms with Crippen molar-refractivity contribution in [2.75, 3.05) is 11.8 Å². The van der Waals surface area contributed by atoms with E-state index in [-0.39, 0.29) is 22.1 Å². The molecule has 1 aliphatic carbocycles. The number of nitriles is 1. The Morgan fingerprint density at radius 1 is 1.22 bits per heavy atom. The van der Waals surface area contributed by atoms with Crippen molar-refractivity contribution in [3.8, 4) is 16.5 Å². The molecule has 9 heteroatoms. The molecule has 1 aliphatic rings. The van der Waals surface area contributed by atoms with Gasteiger partial charge in [0.05, 0.1) is 39.2 Å². The van der Waals surface area contributed by atoms with Gasteiger partial charge in [0.25, 0.3) is 10.0 Å². The highest BCUT2D eigenvalue weighted by Crippen LogP contribution is 2.44. The van der Waals surface area contributed by atoms with Gasteiger partial charge in [0.15, 0.2) is 0 Å². The molecule has 2 aromatic carbocycles. The number of thiophene rings is 1. The minimum Gasteiger partial charge on any atom is -0.465 e. The van der Waals surface area contributed by atoms with Gasteiger partial charge in [-0.2, -0.15) is 5.26 Å². The summed E-state index contributed by atoms with van der Waals surface area (Å²) in [5.74, 6) is -0.476. The summed E-state index contributed by atoms with van der Waals surface area (Å²) in [4.78, 5) is 12.9. The predicted molar refractivity (Wildman–Crippen MR) is 125 cm³/mol. The number of halogens is 1. The van der Waals surface area contributed by atoms with E-state index in [2.05, 4.69) is 10.8 Å². The molecule has 0 atom stereocenters. The lowest BCUT2D eigenvalue weighted by Gasteiger charge is -2.17. The molecule has 0 bridgehead atoms. The smallest absolute Gasteiger partial charge is 0.337 e. The zero-order valence-corrected chi connectivity index (χ0v) is 19.7. The van der Waals surface area contributed by atoms with E-state index in [0.29, 0.717) is 21.0 Å². The second kappa shape index (κ2) is 8.58. The van der Waals surface area contributed by atoms with Crippen molar-refractivity contribution in [1.29, 1.82) is 5.26 Å². The number of aryl methyl sites for hydroxylation is 1. The van der Waals surface area contributed by atoms with Gasteiger partial charge in [-0.3, -0.25) is 4.72 Å². The average Bonchev–Trinajstić information content (AvgIpc) is 3.53. The van der Waals surface area contributed by atoms with Crippen LogP contribution in [0.5, 0.6) is 0 Å². The Labute approximate surface area is 195 Å². The molecule has 0 unspecified atom stereocenters. The summed E-state index contributed by atoms with van der Waals surface area (Å²) in [6, 6.07) is 13.4. The van der Waals surface area contributed by atoms with Crippen molar-refractivity contribution in [1.82, 2.24) is 0 Å². The van der Waals surface area contributed by atoms with E-state index in [4.69, 9.17) is 16.3 Å². The van der Waals surface area contributed by atoms with Crippen molar-refractivity contribution in [3.63, 3.8) is 0 Å². The van der Waals surface area contributed by atoms with Crippen LogP contribution in [0.1, 0.15) is 45.8 Å². The molecule has 4 rings (SSSR count). The Hall–Kier alpha value is -2.86. The summed E-state index contributed by atoms with van der Waals surface area (Å²) in [5, 5.41) is 9.42. The van der Waals surface area contributed by atoms with E-state index in [1.165, 1.54) is 30.6 Å². The van der Waals surface area contributed by atoms with Gasteiger partial charge >= 0.3 is 5.97 Å². The van der Waals surface area contributed by atoms with Gasteiger partial charge in [0.1, 0.15) is 0 Å². The van der Waals surface area contributed by atoms with Gasteiger partial charge in [0, 0.05) is 10.4 Å². The average molecular weight is 487 g/mol. The number of benzene rings is 2. The number of esters is 1. The van der Waals surface area contributed by atoms with E-state index in [9.17, 15) is 18.5 Å². The molecule has 0 spiro atoms. The molecule has 6 nitrogen and oxygen atoms in total. The van der Waals surface area contributed by atoms with Crippen molar-refractivity contribution in [2.24, 2.45) is 0 Å². The normalized spacial score (nSPS) is 13.4. The van der Waals surface area contributed by atoms with Gasteiger partial charge in [-0.15, -0.1) is 11.3 Å². The lowest BCUT2D eigenvalue weighted by atomic mass is 10.0. The standard InChI is InChI=1S/C23H19ClN2O4S2/c1-13-9-14(12-25)10-18(22(13)19-7-8-21(24)31-19)26-32(28,29)20-11-16(23(27)30-2)5-6-17(20)15-3-4-15/h5-11,15,26H,3-4H2,1-2H3. The van der Waals surface area contributed by atoms with Gasteiger partial charge in [-0.1, -0.05) is 17.7 Å². The number of carbonyl (C=O) groups excluding carboxylic acids is 1. The fourth-order valence-corrected chi connectivity index (χ4v) is 6.21. The third kappa shape index (κ3) is 4.37. The molecule has 1 fully saturated rings. The van der Waals surface area contributed by atoms with Crippen LogP contribution in [-0.2, 0) is 14.8 Å². The van der Waals surface area contributed by atoms with Crippen LogP contribution < -0.4 is 4.72 Å². The molecule has 3 aromatic rings. The van der Waals surface area contributed by atoms with Gasteiger partial charge in [0.2, 0.25) is 0 Å². The van der Waals surface area contributed by atoms with Crippen LogP contribution in [0.2, 0.25) is 4.34 Å². The maximum atomic E-state index is 13.5. The zero-order valence-electron chi connectivity index (χ0n) is 17.3. The number of hydrogen-bond donors (Lipinski definition) is 1. The number of anilines is 1. The Kier molecular flexibility index (Phi) is 5.99. The summed E-state index contributed by atoms with van der Waals surface area (Å²) < 4.78 is 35.1. The number of ether oxygens (including phenoxy) is 1. The summed E-state index contributed by atoms with van der Waals surface area (Å²) >= 11 is 7.43. The Balaban J connectivity index is 1.85. The summed E-state index contributed by atoms with van der Waals surface area (Å²) in [7, 11) is -2.83. The molecule has 0 amide bonds. The summed E-state index contributed by atoms with van der Waals surface area (Å²) in [5.41, 5.74) is 2.83.